The highest BCUT2D eigenvalue weighted by Gasteiger charge is 2.13. The Balaban J connectivity index is 1.27. The van der Waals surface area contributed by atoms with E-state index >= 15 is 0 Å². The Labute approximate surface area is 273 Å². The number of anilines is 3. The van der Waals surface area contributed by atoms with E-state index in [0.717, 1.165) is 29.1 Å². The van der Waals surface area contributed by atoms with Crippen molar-refractivity contribution in [3.8, 4) is 11.1 Å². The molecule has 0 aromatic heterocycles. The first-order valence-electron chi connectivity index (χ1n) is 15.7. The second-order valence-electron chi connectivity index (χ2n) is 11.3. The van der Waals surface area contributed by atoms with Gasteiger partial charge in [-0.25, -0.2) is 0 Å². The van der Waals surface area contributed by atoms with Crippen LogP contribution in [0.1, 0.15) is 18.9 Å². The number of hydrogen-bond acceptors (Lipinski definition) is 2. The van der Waals surface area contributed by atoms with Crippen molar-refractivity contribution in [2.24, 2.45) is 0 Å². The third-order valence-corrected chi connectivity index (χ3v) is 8.36. The Kier molecular flexibility index (Phi) is 9.40. The first-order chi connectivity index (χ1) is 22.6. The van der Waals surface area contributed by atoms with Gasteiger partial charge in [0.1, 0.15) is 0 Å². The molecule has 0 aliphatic heterocycles. The van der Waals surface area contributed by atoms with Crippen LogP contribution in [-0.2, 0) is 0 Å². The molecular weight excluding hydrogens is 556 g/mol. The molecule has 0 heterocycles. The van der Waals surface area contributed by atoms with Crippen molar-refractivity contribution in [3.63, 3.8) is 0 Å². The largest absolute Gasteiger partial charge is 0.344 e. The number of benzene rings is 5. The fourth-order valence-corrected chi connectivity index (χ4v) is 5.79. The van der Waals surface area contributed by atoms with Gasteiger partial charge in [0.15, 0.2) is 0 Å². The second-order valence-corrected chi connectivity index (χ2v) is 11.3. The smallest absolute Gasteiger partial charge is 0.0527 e. The molecule has 5 aromatic rings. The van der Waals surface area contributed by atoms with Crippen molar-refractivity contribution < 1.29 is 0 Å². The molecule has 0 fully saturated rings. The van der Waals surface area contributed by atoms with Crippen LogP contribution >= 0.6 is 0 Å². The van der Waals surface area contributed by atoms with Gasteiger partial charge in [0.05, 0.1) is 5.70 Å². The molecule has 0 atom stereocenters. The van der Waals surface area contributed by atoms with Gasteiger partial charge in [-0.2, -0.15) is 0 Å². The van der Waals surface area contributed by atoms with Gasteiger partial charge < -0.3 is 9.80 Å². The summed E-state index contributed by atoms with van der Waals surface area (Å²) < 4.78 is 0. The van der Waals surface area contributed by atoms with E-state index in [1.165, 1.54) is 38.7 Å². The van der Waals surface area contributed by atoms with Crippen LogP contribution in [0.2, 0.25) is 0 Å². The number of rotatable bonds is 10. The molecule has 0 amide bonds. The Hall–Kier alpha value is -5.82. The van der Waals surface area contributed by atoms with Crippen LogP contribution in [0.3, 0.4) is 0 Å². The second kappa shape index (κ2) is 14.3. The predicted molar refractivity (Wildman–Crippen MR) is 199 cm³/mol. The van der Waals surface area contributed by atoms with E-state index in [2.05, 4.69) is 188 Å². The zero-order valence-electron chi connectivity index (χ0n) is 26.5. The van der Waals surface area contributed by atoms with E-state index in [-0.39, 0.29) is 0 Å². The van der Waals surface area contributed by atoms with E-state index in [1.54, 1.807) is 0 Å². The molecular formula is C44H38N2. The zero-order valence-corrected chi connectivity index (χ0v) is 26.5. The summed E-state index contributed by atoms with van der Waals surface area (Å²) in [5.74, 6) is 0. The molecule has 0 spiro atoms. The molecule has 224 valence electrons. The highest BCUT2D eigenvalue weighted by Crippen LogP contribution is 2.34. The predicted octanol–water partition coefficient (Wildman–Crippen LogP) is 11.8. The van der Waals surface area contributed by atoms with Crippen LogP contribution in [0.4, 0.5) is 17.1 Å². The van der Waals surface area contributed by atoms with Crippen LogP contribution in [-0.4, -0.2) is 7.05 Å². The van der Waals surface area contributed by atoms with Gasteiger partial charge in [0.25, 0.3) is 0 Å². The first-order valence-corrected chi connectivity index (χ1v) is 15.7. The van der Waals surface area contributed by atoms with Crippen molar-refractivity contribution in [1.82, 2.24) is 0 Å². The van der Waals surface area contributed by atoms with E-state index < -0.39 is 0 Å². The zero-order chi connectivity index (χ0) is 31.7. The average Bonchev–Trinajstić information content (AvgIpc) is 3.12. The van der Waals surface area contributed by atoms with E-state index in [0.29, 0.717) is 0 Å². The maximum absolute atomic E-state index is 4.01. The van der Waals surface area contributed by atoms with Crippen molar-refractivity contribution in [2.45, 2.75) is 13.3 Å². The van der Waals surface area contributed by atoms with Gasteiger partial charge >= 0.3 is 0 Å². The number of allylic oxidation sites excluding steroid dienone is 8. The van der Waals surface area contributed by atoms with Crippen molar-refractivity contribution in [3.05, 3.63) is 199 Å². The van der Waals surface area contributed by atoms with Gasteiger partial charge in [-0.05, 0) is 101 Å². The molecule has 0 radical (unpaired) electrons. The summed E-state index contributed by atoms with van der Waals surface area (Å²) in [6, 6.07) is 43.0. The highest BCUT2D eigenvalue weighted by molar-refractivity contribution is 5.96. The SMILES string of the molecule is C=C/C=C(\c1ccccc1)N(/C=C/C=C\C1=C(C)C=C=CC1)c1ccc(-c2ccc(N(C)c3cccc4ccccc34)cc2)cc1. The molecule has 6 rings (SSSR count). The monoisotopic (exact) mass is 594 g/mol. The maximum Gasteiger partial charge on any atom is 0.0527 e. The van der Waals surface area contributed by atoms with Gasteiger partial charge in [-0.15, -0.1) is 5.73 Å². The summed E-state index contributed by atoms with van der Waals surface area (Å²) in [6.45, 7) is 6.15. The van der Waals surface area contributed by atoms with Crippen molar-refractivity contribution >= 4 is 33.5 Å². The van der Waals surface area contributed by atoms with Gasteiger partial charge in [0.2, 0.25) is 0 Å². The minimum atomic E-state index is 0.907. The lowest BCUT2D eigenvalue weighted by molar-refractivity contribution is 1.21. The molecule has 2 heteroatoms. The molecule has 5 aromatic carbocycles. The van der Waals surface area contributed by atoms with Crippen LogP contribution in [0.15, 0.2) is 194 Å². The number of hydrogen-bond donors (Lipinski definition) is 0. The topological polar surface area (TPSA) is 6.48 Å². The molecule has 0 saturated heterocycles. The summed E-state index contributed by atoms with van der Waals surface area (Å²) in [5.41, 5.74) is 13.7. The van der Waals surface area contributed by atoms with Gasteiger partial charge in [-0.1, -0.05) is 116 Å². The van der Waals surface area contributed by atoms with E-state index in [9.17, 15) is 0 Å². The van der Waals surface area contributed by atoms with E-state index in [4.69, 9.17) is 0 Å². The van der Waals surface area contributed by atoms with Crippen molar-refractivity contribution in [2.75, 3.05) is 16.8 Å². The molecule has 0 bridgehead atoms. The van der Waals surface area contributed by atoms with Crippen LogP contribution in [0, 0.1) is 0 Å². The molecule has 1 aliphatic rings. The number of fused-ring (bicyclic) bond motifs is 1. The Bertz CT molecular complexity index is 2010. The lowest BCUT2D eigenvalue weighted by Crippen LogP contribution is -2.14. The lowest BCUT2D eigenvalue weighted by Gasteiger charge is -2.24. The third kappa shape index (κ3) is 6.79. The summed E-state index contributed by atoms with van der Waals surface area (Å²) in [7, 11) is 2.13. The Morgan fingerprint density at radius 1 is 0.739 bits per heavy atom. The quantitative estimate of drug-likeness (QED) is 0.117. The lowest BCUT2D eigenvalue weighted by atomic mass is 10.0. The van der Waals surface area contributed by atoms with Crippen LogP contribution in [0.25, 0.3) is 27.6 Å². The fourth-order valence-electron chi connectivity index (χ4n) is 5.79. The molecule has 1 aliphatic carbocycles. The van der Waals surface area contributed by atoms with Gasteiger partial charge in [-0.3, -0.25) is 0 Å². The molecule has 0 saturated carbocycles. The van der Waals surface area contributed by atoms with Gasteiger partial charge in [0, 0.05) is 35.7 Å². The Morgan fingerprint density at radius 2 is 1.41 bits per heavy atom. The molecule has 46 heavy (non-hydrogen) atoms. The molecule has 2 nitrogen and oxygen atoms in total. The number of nitrogens with zero attached hydrogens (tertiary/aromatic N) is 2. The summed E-state index contributed by atoms with van der Waals surface area (Å²) in [5, 5.41) is 2.49. The molecule has 0 N–H and O–H groups in total. The molecule has 0 unspecified atom stereocenters. The maximum atomic E-state index is 4.01. The normalized spacial score (nSPS) is 13.2. The average molecular weight is 595 g/mol. The minimum absolute atomic E-state index is 0.907. The van der Waals surface area contributed by atoms with Crippen LogP contribution < -0.4 is 9.80 Å². The van der Waals surface area contributed by atoms with E-state index in [1.807, 2.05) is 18.2 Å². The Morgan fingerprint density at radius 3 is 2.13 bits per heavy atom. The summed E-state index contributed by atoms with van der Waals surface area (Å²) in [6.07, 6.45) is 17.4. The minimum Gasteiger partial charge on any atom is -0.344 e. The van der Waals surface area contributed by atoms with Crippen molar-refractivity contribution in [1.29, 1.82) is 0 Å². The summed E-state index contributed by atoms with van der Waals surface area (Å²) >= 11 is 0. The highest BCUT2D eigenvalue weighted by atomic mass is 15.1. The standard InChI is InChI=1S/C44H38N2/c1-4-15-43(39-20-6-5-7-21-39)46(33-13-12-18-35-17-9-8-16-34(35)2)41-31-27-37(28-32-41)36-25-29-40(30-26-36)45(3)44-24-14-22-38-19-10-11-23-42(38)44/h4-7,9-16,18-33H,1,17H2,2-3H3/b18-12-,33-13+,43-15+. The third-order valence-electron chi connectivity index (χ3n) is 8.36. The fraction of sp³-hybridized carbons (Fsp3) is 0.0682. The van der Waals surface area contributed by atoms with Crippen LogP contribution in [0.5, 0.6) is 0 Å². The first kappa shape index (κ1) is 30.2. The summed E-state index contributed by atoms with van der Waals surface area (Å²) in [4.78, 5) is 4.47.